The van der Waals surface area contributed by atoms with Crippen LogP contribution in [0.25, 0.3) is 0 Å². The third-order valence-electron chi connectivity index (χ3n) is 5.25. The van der Waals surface area contributed by atoms with Crippen molar-refractivity contribution in [1.29, 1.82) is 0 Å². The van der Waals surface area contributed by atoms with Gasteiger partial charge in [0.2, 0.25) is 0 Å². The number of aromatic nitrogens is 2. The van der Waals surface area contributed by atoms with Crippen LogP contribution in [0.2, 0.25) is 0 Å². The van der Waals surface area contributed by atoms with Crippen molar-refractivity contribution in [1.82, 2.24) is 9.55 Å². The fourth-order valence-corrected chi connectivity index (χ4v) is 4.98. The Morgan fingerprint density at radius 1 is 1.38 bits per heavy atom. The minimum Gasteiger partial charge on any atom is -0.404 e. The summed E-state index contributed by atoms with van der Waals surface area (Å²) >= 11 is 4.90. The van der Waals surface area contributed by atoms with E-state index in [-0.39, 0.29) is 22.6 Å². The highest BCUT2D eigenvalue weighted by molar-refractivity contribution is 7.71. The zero-order chi connectivity index (χ0) is 25.1. The van der Waals surface area contributed by atoms with Gasteiger partial charge in [0.05, 0.1) is 17.6 Å². The highest BCUT2D eigenvalue weighted by atomic mass is 32.1. The van der Waals surface area contributed by atoms with Crippen molar-refractivity contribution in [2.45, 2.75) is 35.7 Å². The molecule has 170 valence electrons. The Kier molecular flexibility index (Phi) is 6.02. The lowest BCUT2D eigenvalue weighted by Gasteiger charge is -2.42. The number of nitrogens with zero attached hydrogens (tertiary/aromatic N) is 1. The molecule has 5 atom stereocenters. The zero-order valence-electron chi connectivity index (χ0n) is 17.1. The maximum atomic E-state index is 16.0. The number of aliphatic hydroxyl groups excluding tert-OH is 2. The molecular weight excluding hydrogens is 487 g/mol. The molecule has 0 amide bonds. The van der Waals surface area contributed by atoms with Gasteiger partial charge in [-0.25, -0.2) is 13.8 Å². The fourth-order valence-electron chi connectivity index (χ4n) is 3.42. The molecule has 16 heteroatoms. The summed E-state index contributed by atoms with van der Waals surface area (Å²) in [5, 5.41) is 17.7. The molecular formula is C18H13B3FN2O8PS. The second-order valence-corrected chi connectivity index (χ2v) is 9.44. The number of aliphatic hydroxyl groups is 2. The van der Waals surface area contributed by atoms with Gasteiger partial charge in [-0.1, -0.05) is 36.3 Å². The van der Waals surface area contributed by atoms with Crippen LogP contribution in [-0.4, -0.2) is 66.8 Å². The molecule has 2 aliphatic heterocycles. The molecule has 34 heavy (non-hydrogen) atoms. The van der Waals surface area contributed by atoms with E-state index in [9.17, 15) is 19.6 Å². The SMILES string of the molecule is [B]C([B])(OP1(=O)OCc2ccccc2O1)[C@@]1(F)O[C@@]([B])(n2cc(C#C)c(=S)[nH]c2=O)[C@H](O)[C@@H]1O. The number of ether oxygens (including phenoxy) is 1. The van der Waals surface area contributed by atoms with Gasteiger partial charge in [-0.2, -0.15) is 0 Å². The summed E-state index contributed by atoms with van der Waals surface area (Å²) < 4.78 is 49.5. The van der Waals surface area contributed by atoms with Gasteiger partial charge < -0.3 is 19.5 Å². The van der Waals surface area contributed by atoms with E-state index in [1.54, 1.807) is 18.2 Å². The van der Waals surface area contributed by atoms with Crippen molar-refractivity contribution in [2.75, 3.05) is 0 Å². The topological polar surface area (TPSA) is 132 Å². The first-order valence-corrected chi connectivity index (χ1v) is 11.3. The summed E-state index contributed by atoms with van der Waals surface area (Å²) in [5.74, 6) is -1.51. The molecule has 0 saturated carbocycles. The number of para-hydroxylation sites is 1. The van der Waals surface area contributed by atoms with E-state index in [2.05, 4.69) is 10.9 Å². The molecule has 0 bridgehead atoms. The van der Waals surface area contributed by atoms with Crippen molar-refractivity contribution in [3.05, 3.63) is 56.7 Å². The number of rotatable bonds is 4. The summed E-state index contributed by atoms with van der Waals surface area (Å²) in [6.07, 6.45) is 1.21. The smallest absolute Gasteiger partial charge is 0.404 e. The molecule has 1 fully saturated rings. The number of phosphoric acid groups is 1. The number of benzene rings is 1. The van der Waals surface area contributed by atoms with Crippen molar-refractivity contribution < 1.29 is 37.5 Å². The summed E-state index contributed by atoms with van der Waals surface area (Å²) in [7, 11) is 12.7. The quantitative estimate of drug-likeness (QED) is 0.227. The molecule has 0 aliphatic carbocycles. The van der Waals surface area contributed by atoms with E-state index in [1.165, 1.54) is 6.07 Å². The highest BCUT2D eigenvalue weighted by Gasteiger charge is 2.69. The Labute approximate surface area is 201 Å². The van der Waals surface area contributed by atoms with Crippen molar-refractivity contribution in [2.24, 2.45) is 0 Å². The van der Waals surface area contributed by atoms with Gasteiger partial charge in [0.25, 0.3) is 5.85 Å². The number of aromatic amines is 1. The number of nitrogens with one attached hydrogen (secondary N) is 1. The molecule has 3 heterocycles. The Bertz CT molecular complexity index is 1370. The minimum atomic E-state index is -4.67. The van der Waals surface area contributed by atoms with E-state index < -0.39 is 42.6 Å². The number of hydrogen-bond donors (Lipinski definition) is 3. The van der Waals surface area contributed by atoms with Gasteiger partial charge >= 0.3 is 13.5 Å². The highest BCUT2D eigenvalue weighted by Crippen LogP contribution is 2.59. The largest absolute Gasteiger partial charge is 0.529 e. The summed E-state index contributed by atoms with van der Waals surface area (Å²) in [4.78, 5) is 14.6. The zero-order valence-corrected chi connectivity index (χ0v) is 18.8. The van der Waals surface area contributed by atoms with Crippen LogP contribution in [0.1, 0.15) is 11.1 Å². The fraction of sp³-hybridized carbons (Fsp3) is 0.333. The Hall–Kier alpha value is -2.17. The second kappa shape index (κ2) is 8.21. The predicted octanol–water partition coefficient (Wildman–Crippen LogP) is -0.192. The van der Waals surface area contributed by atoms with E-state index in [0.717, 1.165) is 6.20 Å². The van der Waals surface area contributed by atoms with Gasteiger partial charge in [0.15, 0.2) is 0 Å². The summed E-state index contributed by atoms with van der Waals surface area (Å²) in [6.45, 7) is -0.261. The first kappa shape index (κ1) is 24.9. The van der Waals surface area contributed by atoms with Gasteiger partial charge in [0.1, 0.15) is 51.8 Å². The molecule has 1 aromatic heterocycles. The van der Waals surface area contributed by atoms with E-state index >= 15 is 4.39 Å². The number of terminal acetylenes is 1. The van der Waals surface area contributed by atoms with Crippen LogP contribution in [-0.2, 0) is 30.6 Å². The van der Waals surface area contributed by atoms with Crippen LogP contribution >= 0.6 is 20.0 Å². The molecule has 2 aliphatic rings. The molecule has 3 N–H and O–H groups in total. The average molecular weight is 500 g/mol. The molecule has 4 rings (SSSR count). The van der Waals surface area contributed by atoms with Crippen molar-refractivity contribution in [3.63, 3.8) is 0 Å². The van der Waals surface area contributed by atoms with Gasteiger partial charge in [0, 0.05) is 11.8 Å². The van der Waals surface area contributed by atoms with E-state index in [0.29, 0.717) is 10.1 Å². The van der Waals surface area contributed by atoms with E-state index in [4.69, 9.17) is 60.5 Å². The number of hydrogen-bond acceptors (Lipinski definition) is 9. The first-order valence-electron chi connectivity index (χ1n) is 9.44. The summed E-state index contributed by atoms with van der Waals surface area (Å²) in [6, 6.07) is 6.30. The Balaban J connectivity index is 1.70. The number of fused-ring (bicyclic) bond motifs is 1. The van der Waals surface area contributed by atoms with Crippen molar-refractivity contribution >= 4 is 43.6 Å². The molecule has 1 unspecified atom stereocenters. The predicted molar refractivity (Wildman–Crippen MR) is 119 cm³/mol. The second-order valence-electron chi connectivity index (χ2n) is 7.51. The van der Waals surface area contributed by atoms with Crippen LogP contribution in [0.3, 0.4) is 0 Å². The molecule has 1 saturated heterocycles. The normalized spacial score (nSPS) is 33.0. The lowest BCUT2D eigenvalue weighted by atomic mass is 9.59. The van der Waals surface area contributed by atoms with Crippen molar-refractivity contribution in [3.8, 4) is 18.1 Å². The van der Waals surface area contributed by atoms with E-state index in [1.807, 2.05) is 0 Å². The monoisotopic (exact) mass is 500 g/mol. The molecule has 2 aromatic rings. The maximum Gasteiger partial charge on any atom is 0.529 e. The lowest BCUT2D eigenvalue weighted by molar-refractivity contribution is -0.240. The molecule has 0 spiro atoms. The average Bonchev–Trinajstić information content (AvgIpc) is 2.94. The molecule has 1 aromatic carbocycles. The first-order chi connectivity index (χ1) is 15.8. The number of H-pyrrole nitrogens is 1. The van der Waals surface area contributed by atoms with Gasteiger partial charge in [-0.15, -0.1) is 6.42 Å². The molecule has 10 nitrogen and oxygen atoms in total. The Morgan fingerprint density at radius 2 is 2.06 bits per heavy atom. The van der Waals surface area contributed by atoms with Crippen LogP contribution in [0.5, 0.6) is 5.75 Å². The molecule has 6 radical (unpaired) electrons. The minimum absolute atomic E-state index is 0.0730. The third-order valence-corrected chi connectivity index (χ3v) is 6.96. The number of phosphoric ester groups is 1. The number of halogens is 1. The maximum absolute atomic E-state index is 16.0. The Morgan fingerprint density at radius 3 is 2.74 bits per heavy atom. The van der Waals surface area contributed by atoms with Crippen LogP contribution in [0.4, 0.5) is 4.39 Å². The standard InChI is InChI=1S/C18H13B3FN2O8PS/c1-2-9-7-24(15(27)23-14(9)34)17(19)13(26)12(25)16(22,31-17)18(20,21)32-33(28)29-8-10-5-3-4-6-11(10)30-33/h1,3-7,12-13,25-26H,8H2,(H,23,27,34)/t12-,13+,16-,17-,33?/m0/s1. The van der Waals surface area contributed by atoms with Crippen LogP contribution < -0.4 is 10.2 Å². The lowest BCUT2D eigenvalue weighted by Crippen LogP contribution is -2.60. The number of alkyl halides is 1. The van der Waals surface area contributed by atoms with Crippen LogP contribution in [0.15, 0.2) is 35.3 Å². The summed E-state index contributed by atoms with van der Waals surface area (Å²) in [5.41, 5.74) is -3.47. The van der Waals surface area contributed by atoms with Crippen LogP contribution in [0, 0.1) is 17.0 Å². The van der Waals surface area contributed by atoms with Gasteiger partial charge in [-0.3, -0.25) is 18.6 Å². The van der Waals surface area contributed by atoms with Gasteiger partial charge in [-0.05, 0) is 6.07 Å². The third kappa shape index (κ3) is 3.80.